The molecule has 0 bridgehead atoms. The summed E-state index contributed by atoms with van der Waals surface area (Å²) in [4.78, 5) is 0. The fraction of sp³-hybridized carbons (Fsp3) is 0.500. The van der Waals surface area contributed by atoms with Crippen LogP contribution in [0.3, 0.4) is 0 Å². The van der Waals surface area contributed by atoms with Crippen molar-refractivity contribution in [2.24, 2.45) is 0 Å². The molecule has 16 heavy (non-hydrogen) atoms. The number of nitrogens with one attached hydrogen (secondary N) is 1. The van der Waals surface area contributed by atoms with E-state index < -0.39 is 0 Å². The van der Waals surface area contributed by atoms with Crippen molar-refractivity contribution in [1.82, 2.24) is 5.32 Å². The molecule has 1 aromatic carbocycles. The molecule has 1 aromatic rings. The molecule has 1 heterocycles. The highest BCUT2D eigenvalue weighted by Crippen LogP contribution is 2.38. The topological polar surface area (TPSA) is 21.3 Å². The molecule has 1 aliphatic rings. The predicted molar refractivity (Wildman–Crippen MR) is 65.4 cm³/mol. The van der Waals surface area contributed by atoms with Crippen molar-refractivity contribution in [3.05, 3.63) is 29.6 Å². The number of hydrogen-bond donors (Lipinski definition) is 1. The van der Waals surface area contributed by atoms with Crippen molar-refractivity contribution in [3.8, 4) is 5.75 Å². The molecular formula is C12H16FNOS. The van der Waals surface area contributed by atoms with E-state index in [0.717, 1.165) is 11.3 Å². The molecule has 0 aliphatic carbocycles. The normalized spacial score (nSPS) is 23.4. The van der Waals surface area contributed by atoms with Crippen LogP contribution in [-0.4, -0.2) is 18.4 Å². The zero-order chi connectivity index (χ0) is 11.8. The van der Waals surface area contributed by atoms with E-state index in [9.17, 15) is 4.39 Å². The van der Waals surface area contributed by atoms with E-state index in [2.05, 4.69) is 19.2 Å². The first-order chi connectivity index (χ1) is 7.52. The second-order valence-electron chi connectivity index (χ2n) is 4.61. The van der Waals surface area contributed by atoms with Gasteiger partial charge in [-0.1, -0.05) is 6.07 Å². The van der Waals surface area contributed by atoms with Gasteiger partial charge in [0.15, 0.2) is 11.6 Å². The molecule has 0 amide bonds. The Kier molecular flexibility index (Phi) is 3.13. The molecule has 1 aliphatic heterocycles. The maximum atomic E-state index is 13.5. The fourth-order valence-electron chi connectivity index (χ4n) is 1.76. The van der Waals surface area contributed by atoms with E-state index in [0.29, 0.717) is 5.75 Å². The maximum absolute atomic E-state index is 13.5. The maximum Gasteiger partial charge on any atom is 0.165 e. The Morgan fingerprint density at radius 1 is 1.50 bits per heavy atom. The first-order valence-electron chi connectivity index (χ1n) is 5.24. The number of benzene rings is 1. The zero-order valence-corrected chi connectivity index (χ0v) is 10.5. The number of methoxy groups -OCH3 is 1. The van der Waals surface area contributed by atoms with E-state index in [1.165, 1.54) is 7.11 Å². The number of ether oxygens (including phenoxy) is 1. The summed E-state index contributed by atoms with van der Waals surface area (Å²) in [5.41, 5.74) is 1.08. The Balaban J connectivity index is 2.20. The summed E-state index contributed by atoms with van der Waals surface area (Å²) in [5.74, 6) is 1.03. The van der Waals surface area contributed by atoms with Crippen LogP contribution in [0.1, 0.15) is 24.8 Å². The predicted octanol–water partition coefficient (Wildman–Crippen LogP) is 2.95. The van der Waals surface area contributed by atoms with Gasteiger partial charge in [0.25, 0.3) is 0 Å². The van der Waals surface area contributed by atoms with Crippen molar-refractivity contribution in [2.45, 2.75) is 24.8 Å². The summed E-state index contributed by atoms with van der Waals surface area (Å²) in [6.45, 7) is 4.31. The Bertz CT molecular complexity index is 395. The van der Waals surface area contributed by atoms with Crippen LogP contribution in [0.2, 0.25) is 0 Å². The van der Waals surface area contributed by atoms with Crippen LogP contribution in [0.25, 0.3) is 0 Å². The smallest absolute Gasteiger partial charge is 0.165 e. The van der Waals surface area contributed by atoms with Crippen molar-refractivity contribution in [3.63, 3.8) is 0 Å². The van der Waals surface area contributed by atoms with Crippen LogP contribution in [-0.2, 0) is 0 Å². The lowest BCUT2D eigenvalue weighted by Gasteiger charge is -2.19. The number of thioether (sulfide) groups is 1. The SMILES string of the molecule is COc1ccc(C2NC(C)(C)CS2)cc1F. The summed E-state index contributed by atoms with van der Waals surface area (Å²) in [7, 11) is 1.48. The lowest BCUT2D eigenvalue weighted by Crippen LogP contribution is -2.35. The molecule has 1 saturated heterocycles. The Morgan fingerprint density at radius 2 is 2.25 bits per heavy atom. The minimum absolute atomic E-state index is 0.117. The largest absolute Gasteiger partial charge is 0.494 e. The molecular weight excluding hydrogens is 225 g/mol. The first kappa shape index (κ1) is 11.7. The molecule has 0 radical (unpaired) electrons. The van der Waals surface area contributed by atoms with E-state index >= 15 is 0 Å². The van der Waals surface area contributed by atoms with Crippen molar-refractivity contribution < 1.29 is 9.13 Å². The van der Waals surface area contributed by atoms with Crippen LogP contribution in [0.4, 0.5) is 4.39 Å². The van der Waals surface area contributed by atoms with E-state index in [4.69, 9.17) is 4.74 Å². The van der Waals surface area contributed by atoms with Crippen molar-refractivity contribution in [1.29, 1.82) is 0 Å². The number of rotatable bonds is 2. The summed E-state index contributed by atoms with van der Waals surface area (Å²) >= 11 is 1.81. The highest BCUT2D eigenvalue weighted by Gasteiger charge is 2.31. The van der Waals surface area contributed by atoms with Crippen LogP contribution >= 0.6 is 11.8 Å². The molecule has 88 valence electrons. The first-order valence-corrected chi connectivity index (χ1v) is 6.29. The molecule has 1 fully saturated rings. The molecule has 2 rings (SSSR count). The van der Waals surface area contributed by atoms with Gasteiger partial charge in [0.1, 0.15) is 0 Å². The third-order valence-corrected chi connectivity index (χ3v) is 4.22. The molecule has 1 atom stereocenters. The highest BCUT2D eigenvalue weighted by atomic mass is 32.2. The summed E-state index contributed by atoms with van der Waals surface area (Å²) in [5, 5.41) is 3.64. The van der Waals surface area contributed by atoms with E-state index in [1.54, 1.807) is 23.9 Å². The molecule has 1 N–H and O–H groups in total. The Hall–Kier alpha value is -0.740. The lowest BCUT2D eigenvalue weighted by atomic mass is 10.1. The Morgan fingerprint density at radius 3 is 2.75 bits per heavy atom. The van der Waals surface area contributed by atoms with Crippen LogP contribution in [0.15, 0.2) is 18.2 Å². The third-order valence-electron chi connectivity index (χ3n) is 2.61. The monoisotopic (exact) mass is 241 g/mol. The van der Waals surface area contributed by atoms with Gasteiger partial charge in [-0.05, 0) is 31.5 Å². The van der Waals surface area contributed by atoms with Gasteiger partial charge in [0, 0.05) is 11.3 Å². The standard InChI is InChI=1S/C12H16FNOS/c1-12(2)7-16-11(14-12)8-4-5-10(15-3)9(13)6-8/h4-6,11,14H,7H2,1-3H3. The van der Waals surface area contributed by atoms with Crippen LogP contribution in [0.5, 0.6) is 5.75 Å². The molecule has 0 aromatic heterocycles. The van der Waals surface area contributed by atoms with Gasteiger partial charge < -0.3 is 4.74 Å². The minimum atomic E-state index is -0.299. The van der Waals surface area contributed by atoms with Gasteiger partial charge in [0.05, 0.1) is 12.5 Å². The van der Waals surface area contributed by atoms with Crippen molar-refractivity contribution >= 4 is 11.8 Å². The number of hydrogen-bond acceptors (Lipinski definition) is 3. The molecule has 0 saturated carbocycles. The summed E-state index contributed by atoms with van der Waals surface area (Å²) < 4.78 is 18.4. The number of halogens is 1. The van der Waals surface area contributed by atoms with Crippen LogP contribution < -0.4 is 10.1 Å². The van der Waals surface area contributed by atoms with Crippen LogP contribution in [0, 0.1) is 5.82 Å². The quantitative estimate of drug-likeness (QED) is 0.860. The van der Waals surface area contributed by atoms with Crippen molar-refractivity contribution in [2.75, 3.05) is 12.9 Å². The average molecular weight is 241 g/mol. The van der Waals surface area contributed by atoms with E-state index in [1.807, 2.05) is 6.07 Å². The van der Waals surface area contributed by atoms with Gasteiger partial charge in [-0.15, -0.1) is 11.8 Å². The van der Waals surface area contributed by atoms with Gasteiger partial charge in [0.2, 0.25) is 0 Å². The second-order valence-corrected chi connectivity index (χ2v) is 5.71. The summed E-state index contributed by atoms with van der Waals surface area (Å²) in [6.07, 6.45) is 0. The highest BCUT2D eigenvalue weighted by molar-refractivity contribution is 7.99. The minimum Gasteiger partial charge on any atom is -0.494 e. The molecule has 4 heteroatoms. The van der Waals surface area contributed by atoms with E-state index in [-0.39, 0.29) is 16.7 Å². The Labute approximate surface area is 99.6 Å². The molecule has 2 nitrogen and oxygen atoms in total. The lowest BCUT2D eigenvalue weighted by molar-refractivity contribution is 0.385. The average Bonchev–Trinajstić information content (AvgIpc) is 2.59. The van der Waals surface area contributed by atoms with Gasteiger partial charge in [-0.2, -0.15) is 0 Å². The van der Waals surface area contributed by atoms with Gasteiger partial charge >= 0.3 is 0 Å². The second kappa shape index (κ2) is 4.26. The third kappa shape index (κ3) is 2.33. The summed E-state index contributed by atoms with van der Waals surface area (Å²) in [6, 6.07) is 5.14. The molecule has 1 unspecified atom stereocenters. The van der Waals surface area contributed by atoms with Gasteiger partial charge in [-0.25, -0.2) is 4.39 Å². The molecule has 0 spiro atoms. The zero-order valence-electron chi connectivity index (χ0n) is 9.71. The van der Waals surface area contributed by atoms with Gasteiger partial charge in [-0.3, -0.25) is 5.32 Å². The fourth-order valence-corrected chi connectivity index (χ4v) is 3.16.